The normalized spacial score (nSPS) is 10.3. The number of halogens is 1. The van der Waals surface area contributed by atoms with Crippen molar-refractivity contribution in [3.63, 3.8) is 0 Å². The van der Waals surface area contributed by atoms with Crippen molar-refractivity contribution in [1.29, 1.82) is 0 Å². The van der Waals surface area contributed by atoms with E-state index in [2.05, 4.69) is 22.0 Å². The highest BCUT2D eigenvalue weighted by molar-refractivity contribution is 9.10. The lowest BCUT2D eigenvalue weighted by atomic mass is 10.1. The maximum atomic E-state index is 5.81. The molecule has 1 rings (SSSR count). The summed E-state index contributed by atoms with van der Waals surface area (Å²) in [6.45, 7) is 0.784. The maximum Gasteiger partial charge on any atom is 0.0465 e. The summed E-state index contributed by atoms with van der Waals surface area (Å²) in [6, 6.07) is 5.94. The lowest BCUT2D eigenvalue weighted by molar-refractivity contribution is 0.195. The fourth-order valence-corrected chi connectivity index (χ4v) is 1.61. The summed E-state index contributed by atoms with van der Waals surface area (Å²) in [5.74, 6) is 0. The Morgan fingerprint density at radius 2 is 2.23 bits per heavy atom. The van der Waals surface area contributed by atoms with Crippen LogP contribution in [0.5, 0.6) is 0 Å². The molecule has 0 radical (unpaired) electrons. The zero-order valence-corrected chi connectivity index (χ0v) is 9.30. The van der Waals surface area contributed by atoms with Crippen LogP contribution in [-0.4, -0.2) is 13.7 Å². The summed E-state index contributed by atoms with van der Waals surface area (Å²) in [5.41, 5.74) is 7.86. The van der Waals surface area contributed by atoms with Crippen molar-refractivity contribution >= 4 is 21.6 Å². The largest absolute Gasteiger partial charge is 0.399 e. The number of benzene rings is 1. The van der Waals surface area contributed by atoms with Gasteiger partial charge < -0.3 is 10.5 Å². The number of nitrogens with two attached hydrogens (primary N) is 1. The molecule has 2 nitrogen and oxygen atoms in total. The van der Waals surface area contributed by atoms with Gasteiger partial charge in [0.05, 0.1) is 0 Å². The van der Waals surface area contributed by atoms with Crippen molar-refractivity contribution in [3.05, 3.63) is 28.2 Å². The van der Waals surface area contributed by atoms with E-state index in [0.717, 1.165) is 29.6 Å². The summed E-state index contributed by atoms with van der Waals surface area (Å²) in [5, 5.41) is 0. The van der Waals surface area contributed by atoms with Gasteiger partial charge in [-0.3, -0.25) is 0 Å². The molecule has 1 aromatic rings. The third-order valence-electron chi connectivity index (χ3n) is 1.90. The van der Waals surface area contributed by atoms with Crippen LogP contribution in [0.3, 0.4) is 0 Å². The Hall–Kier alpha value is -0.540. The highest BCUT2D eigenvalue weighted by atomic mass is 79.9. The highest BCUT2D eigenvalue weighted by Crippen LogP contribution is 2.19. The van der Waals surface area contributed by atoms with Gasteiger partial charge in [0.2, 0.25) is 0 Å². The van der Waals surface area contributed by atoms with Gasteiger partial charge in [-0.1, -0.05) is 15.9 Å². The van der Waals surface area contributed by atoms with E-state index in [1.54, 1.807) is 7.11 Å². The number of anilines is 1. The average molecular weight is 244 g/mol. The Kier molecular flexibility index (Phi) is 4.25. The zero-order chi connectivity index (χ0) is 9.68. The molecule has 0 heterocycles. The Morgan fingerprint density at radius 1 is 1.46 bits per heavy atom. The van der Waals surface area contributed by atoms with Crippen molar-refractivity contribution in [2.45, 2.75) is 12.8 Å². The second-order valence-corrected chi connectivity index (χ2v) is 3.86. The van der Waals surface area contributed by atoms with E-state index in [4.69, 9.17) is 10.5 Å². The van der Waals surface area contributed by atoms with Crippen LogP contribution in [0, 0.1) is 0 Å². The van der Waals surface area contributed by atoms with E-state index in [1.807, 2.05) is 12.1 Å². The number of hydrogen-bond donors (Lipinski definition) is 1. The third-order valence-corrected chi connectivity index (χ3v) is 2.39. The van der Waals surface area contributed by atoms with Gasteiger partial charge in [0.15, 0.2) is 0 Å². The summed E-state index contributed by atoms with van der Waals surface area (Å²) in [4.78, 5) is 0. The van der Waals surface area contributed by atoms with Gasteiger partial charge >= 0.3 is 0 Å². The topological polar surface area (TPSA) is 35.2 Å². The van der Waals surface area contributed by atoms with E-state index in [1.165, 1.54) is 5.56 Å². The van der Waals surface area contributed by atoms with Crippen molar-refractivity contribution in [2.75, 3.05) is 19.5 Å². The molecule has 0 aromatic heterocycles. The highest BCUT2D eigenvalue weighted by Gasteiger charge is 1.99. The molecule has 0 aliphatic rings. The first-order valence-corrected chi connectivity index (χ1v) is 5.06. The summed E-state index contributed by atoms with van der Waals surface area (Å²) < 4.78 is 6.06. The van der Waals surface area contributed by atoms with Crippen LogP contribution in [0.1, 0.15) is 12.0 Å². The zero-order valence-electron chi connectivity index (χ0n) is 7.72. The lowest BCUT2D eigenvalue weighted by Gasteiger charge is -2.05. The molecular formula is C10H14BrNO. The van der Waals surface area contributed by atoms with Crippen molar-refractivity contribution in [2.24, 2.45) is 0 Å². The fraction of sp³-hybridized carbons (Fsp3) is 0.400. The molecule has 0 bridgehead atoms. The Morgan fingerprint density at radius 3 is 2.92 bits per heavy atom. The second kappa shape index (κ2) is 5.25. The molecule has 3 heteroatoms. The predicted molar refractivity (Wildman–Crippen MR) is 58.8 cm³/mol. The third kappa shape index (κ3) is 3.36. The molecule has 0 aliphatic carbocycles. The van der Waals surface area contributed by atoms with Crippen LogP contribution >= 0.6 is 15.9 Å². The van der Waals surface area contributed by atoms with Crippen LogP contribution in [-0.2, 0) is 11.2 Å². The number of rotatable bonds is 4. The van der Waals surface area contributed by atoms with Gasteiger partial charge in [0, 0.05) is 23.9 Å². The number of ether oxygens (including phenoxy) is 1. The first-order chi connectivity index (χ1) is 6.24. The smallest absolute Gasteiger partial charge is 0.0465 e. The van der Waals surface area contributed by atoms with Crippen molar-refractivity contribution < 1.29 is 4.74 Å². The van der Waals surface area contributed by atoms with Gasteiger partial charge in [-0.25, -0.2) is 0 Å². The van der Waals surface area contributed by atoms with Gasteiger partial charge in [-0.15, -0.1) is 0 Å². The molecule has 0 spiro atoms. The minimum atomic E-state index is 0.784. The standard InChI is InChI=1S/C10H14BrNO/c1-13-6-2-3-8-7-9(11)4-5-10(8)12/h4-5,7H,2-3,6,12H2,1H3. The first-order valence-electron chi connectivity index (χ1n) is 4.27. The van der Waals surface area contributed by atoms with Gasteiger partial charge in [0.25, 0.3) is 0 Å². The Bertz CT molecular complexity index is 276. The SMILES string of the molecule is COCCCc1cc(Br)ccc1N. The molecule has 0 fully saturated rings. The molecule has 0 saturated heterocycles. The van der Waals surface area contributed by atoms with Gasteiger partial charge in [-0.05, 0) is 36.6 Å². The number of methoxy groups -OCH3 is 1. The van der Waals surface area contributed by atoms with E-state index in [9.17, 15) is 0 Å². The molecule has 1 aromatic carbocycles. The molecule has 0 atom stereocenters. The maximum absolute atomic E-state index is 5.81. The molecule has 72 valence electrons. The average Bonchev–Trinajstić information content (AvgIpc) is 2.11. The molecule has 13 heavy (non-hydrogen) atoms. The van der Waals surface area contributed by atoms with Crippen LogP contribution in [0.4, 0.5) is 5.69 Å². The van der Waals surface area contributed by atoms with Crippen molar-refractivity contribution in [3.8, 4) is 0 Å². The van der Waals surface area contributed by atoms with Crippen LogP contribution in [0.2, 0.25) is 0 Å². The van der Waals surface area contributed by atoms with Crippen LogP contribution in [0.15, 0.2) is 22.7 Å². The minimum Gasteiger partial charge on any atom is -0.399 e. The molecular weight excluding hydrogens is 230 g/mol. The predicted octanol–water partition coefficient (Wildman–Crippen LogP) is 2.61. The van der Waals surface area contributed by atoms with E-state index in [-0.39, 0.29) is 0 Å². The van der Waals surface area contributed by atoms with Crippen molar-refractivity contribution in [1.82, 2.24) is 0 Å². The Balaban J connectivity index is 2.59. The van der Waals surface area contributed by atoms with Gasteiger partial charge in [-0.2, -0.15) is 0 Å². The minimum absolute atomic E-state index is 0.784. The second-order valence-electron chi connectivity index (χ2n) is 2.94. The first kappa shape index (κ1) is 10.5. The molecule has 0 aliphatic heterocycles. The molecule has 0 unspecified atom stereocenters. The van der Waals surface area contributed by atoms with Crippen LogP contribution in [0.25, 0.3) is 0 Å². The van der Waals surface area contributed by atoms with E-state index < -0.39 is 0 Å². The summed E-state index contributed by atoms with van der Waals surface area (Å²) in [6.07, 6.45) is 1.98. The monoisotopic (exact) mass is 243 g/mol. The van der Waals surface area contributed by atoms with E-state index in [0.29, 0.717) is 0 Å². The van der Waals surface area contributed by atoms with E-state index >= 15 is 0 Å². The molecule has 2 N–H and O–H groups in total. The molecule has 0 amide bonds. The lowest BCUT2D eigenvalue weighted by Crippen LogP contribution is -1.97. The Labute approximate surface area is 87.2 Å². The van der Waals surface area contributed by atoms with Crippen LogP contribution < -0.4 is 5.73 Å². The number of aryl methyl sites for hydroxylation is 1. The molecule has 0 saturated carbocycles. The fourth-order valence-electron chi connectivity index (χ4n) is 1.20. The number of hydrogen-bond acceptors (Lipinski definition) is 2. The quantitative estimate of drug-likeness (QED) is 0.652. The number of nitrogen functional groups attached to an aromatic ring is 1. The summed E-state index contributed by atoms with van der Waals surface area (Å²) >= 11 is 3.42. The van der Waals surface area contributed by atoms with Gasteiger partial charge in [0.1, 0.15) is 0 Å². The summed E-state index contributed by atoms with van der Waals surface area (Å²) in [7, 11) is 1.71.